The second-order valence-corrected chi connectivity index (χ2v) is 4.52. The maximum absolute atomic E-state index is 6.06. The Balaban J connectivity index is 2.24. The fourth-order valence-corrected chi connectivity index (χ4v) is 1.98. The number of halogens is 2. The molecule has 82 valence electrons. The molecule has 1 aliphatic heterocycles. The monoisotopic (exact) mass is 246 g/mol. The first-order valence-electron chi connectivity index (χ1n) is 4.84. The molecule has 0 amide bonds. The highest BCUT2D eigenvalue weighted by Gasteiger charge is 2.31. The fourth-order valence-electron chi connectivity index (χ4n) is 1.48. The summed E-state index contributed by atoms with van der Waals surface area (Å²) in [6.07, 6.45) is -0.205. The molecule has 0 N–H and O–H groups in total. The van der Waals surface area contributed by atoms with Gasteiger partial charge in [0.2, 0.25) is 0 Å². The third-order valence-corrected chi connectivity index (χ3v) is 3.12. The van der Waals surface area contributed by atoms with E-state index >= 15 is 0 Å². The van der Waals surface area contributed by atoms with Crippen LogP contribution in [0.2, 0.25) is 10.0 Å². The van der Waals surface area contributed by atoms with Gasteiger partial charge in [-0.3, -0.25) is 0 Å². The van der Waals surface area contributed by atoms with Gasteiger partial charge in [-0.05, 0) is 26.0 Å². The summed E-state index contributed by atoms with van der Waals surface area (Å²) in [4.78, 5) is 0. The van der Waals surface area contributed by atoms with Crippen LogP contribution in [0.15, 0.2) is 18.2 Å². The topological polar surface area (TPSA) is 18.5 Å². The summed E-state index contributed by atoms with van der Waals surface area (Å²) < 4.78 is 11.3. The van der Waals surface area contributed by atoms with E-state index in [2.05, 4.69) is 0 Å². The van der Waals surface area contributed by atoms with Crippen molar-refractivity contribution in [3.63, 3.8) is 0 Å². The van der Waals surface area contributed by atoms with Gasteiger partial charge in [-0.2, -0.15) is 0 Å². The van der Waals surface area contributed by atoms with Crippen molar-refractivity contribution in [1.82, 2.24) is 0 Å². The van der Waals surface area contributed by atoms with Crippen molar-refractivity contribution in [3.8, 4) is 0 Å². The summed E-state index contributed by atoms with van der Waals surface area (Å²) in [5.41, 5.74) is 0.831. The van der Waals surface area contributed by atoms with Gasteiger partial charge >= 0.3 is 0 Å². The minimum atomic E-state index is -0.375. The Morgan fingerprint density at radius 1 is 1.07 bits per heavy atom. The summed E-state index contributed by atoms with van der Waals surface area (Å²) in [6.45, 7) is 3.96. The van der Waals surface area contributed by atoms with Crippen LogP contribution in [0.3, 0.4) is 0 Å². The second kappa shape index (κ2) is 4.30. The number of benzene rings is 1. The minimum Gasteiger partial charge on any atom is -0.343 e. The van der Waals surface area contributed by atoms with E-state index in [1.54, 1.807) is 12.1 Å². The van der Waals surface area contributed by atoms with Crippen LogP contribution in [-0.4, -0.2) is 12.2 Å². The van der Waals surface area contributed by atoms with E-state index in [9.17, 15) is 0 Å². The lowest BCUT2D eigenvalue weighted by Gasteiger charge is -2.11. The van der Waals surface area contributed by atoms with Gasteiger partial charge in [-0.1, -0.05) is 29.3 Å². The zero-order chi connectivity index (χ0) is 11.0. The number of hydrogen-bond donors (Lipinski definition) is 0. The van der Waals surface area contributed by atoms with Crippen LogP contribution in [0.25, 0.3) is 0 Å². The third-order valence-electron chi connectivity index (χ3n) is 2.55. The SMILES string of the molecule is C[C@@H]1OC(c2ccc(Cl)cc2Cl)O[C@@H]1C. The molecule has 1 saturated heterocycles. The van der Waals surface area contributed by atoms with Crippen LogP contribution in [-0.2, 0) is 9.47 Å². The van der Waals surface area contributed by atoms with Gasteiger partial charge < -0.3 is 9.47 Å². The zero-order valence-corrected chi connectivity index (χ0v) is 10.0. The molecule has 1 aromatic rings. The molecule has 2 rings (SSSR count). The largest absolute Gasteiger partial charge is 0.343 e. The Bertz CT molecular complexity index is 358. The van der Waals surface area contributed by atoms with Crippen molar-refractivity contribution in [2.24, 2.45) is 0 Å². The molecule has 1 aromatic carbocycles. The lowest BCUT2D eigenvalue weighted by Crippen LogP contribution is -2.13. The molecule has 0 radical (unpaired) electrons. The van der Waals surface area contributed by atoms with Gasteiger partial charge in [0.1, 0.15) is 0 Å². The second-order valence-electron chi connectivity index (χ2n) is 3.68. The van der Waals surface area contributed by atoms with Crippen molar-refractivity contribution in [3.05, 3.63) is 33.8 Å². The molecule has 4 heteroatoms. The highest BCUT2D eigenvalue weighted by Crippen LogP contribution is 2.35. The number of rotatable bonds is 1. The van der Waals surface area contributed by atoms with Crippen LogP contribution in [0.5, 0.6) is 0 Å². The van der Waals surface area contributed by atoms with E-state index in [0.717, 1.165) is 5.56 Å². The number of hydrogen-bond acceptors (Lipinski definition) is 2. The van der Waals surface area contributed by atoms with E-state index in [4.69, 9.17) is 32.7 Å². The van der Waals surface area contributed by atoms with E-state index < -0.39 is 0 Å². The van der Waals surface area contributed by atoms with Crippen LogP contribution in [0, 0.1) is 0 Å². The third kappa shape index (κ3) is 2.28. The van der Waals surface area contributed by atoms with Crippen molar-refractivity contribution in [1.29, 1.82) is 0 Å². The first-order valence-corrected chi connectivity index (χ1v) is 5.59. The molecule has 15 heavy (non-hydrogen) atoms. The molecule has 0 saturated carbocycles. The Hall–Kier alpha value is -0.280. The highest BCUT2D eigenvalue weighted by atomic mass is 35.5. The predicted octanol–water partition coefficient (Wildman–Crippen LogP) is 3.82. The van der Waals surface area contributed by atoms with Crippen molar-refractivity contribution < 1.29 is 9.47 Å². The lowest BCUT2D eigenvalue weighted by molar-refractivity contribution is -0.0651. The fraction of sp³-hybridized carbons (Fsp3) is 0.455. The van der Waals surface area contributed by atoms with Gasteiger partial charge in [-0.25, -0.2) is 0 Å². The van der Waals surface area contributed by atoms with Crippen LogP contribution in [0.1, 0.15) is 25.7 Å². The van der Waals surface area contributed by atoms with Gasteiger partial charge in [0.25, 0.3) is 0 Å². The molecule has 0 spiro atoms. The summed E-state index contributed by atoms with van der Waals surface area (Å²) in [5, 5.41) is 1.19. The Morgan fingerprint density at radius 3 is 2.20 bits per heavy atom. The standard InChI is InChI=1S/C11H12Cl2O2/c1-6-7(2)15-11(14-6)9-4-3-8(12)5-10(9)13/h3-7,11H,1-2H3/t6-,7+,11?. The van der Waals surface area contributed by atoms with Crippen molar-refractivity contribution >= 4 is 23.2 Å². The van der Waals surface area contributed by atoms with Crippen LogP contribution < -0.4 is 0 Å². The molecule has 0 aliphatic carbocycles. The minimum absolute atomic E-state index is 0.0849. The summed E-state index contributed by atoms with van der Waals surface area (Å²) in [7, 11) is 0. The average molecular weight is 247 g/mol. The molecule has 1 unspecified atom stereocenters. The molecule has 1 aliphatic rings. The normalized spacial score (nSPS) is 30.8. The van der Waals surface area contributed by atoms with Crippen molar-refractivity contribution in [2.75, 3.05) is 0 Å². The molecule has 0 aromatic heterocycles. The summed E-state index contributed by atoms with van der Waals surface area (Å²) in [5.74, 6) is 0. The van der Waals surface area contributed by atoms with Gasteiger partial charge in [0, 0.05) is 10.6 Å². The van der Waals surface area contributed by atoms with Crippen LogP contribution >= 0.6 is 23.2 Å². The van der Waals surface area contributed by atoms with Gasteiger partial charge in [0.15, 0.2) is 6.29 Å². The van der Waals surface area contributed by atoms with E-state index in [1.807, 2.05) is 19.9 Å². The van der Waals surface area contributed by atoms with Crippen molar-refractivity contribution in [2.45, 2.75) is 32.3 Å². The van der Waals surface area contributed by atoms with E-state index in [-0.39, 0.29) is 18.5 Å². The molecular weight excluding hydrogens is 235 g/mol. The van der Waals surface area contributed by atoms with Crippen LogP contribution in [0.4, 0.5) is 0 Å². The Labute approximate surface area is 99.1 Å². The summed E-state index contributed by atoms with van der Waals surface area (Å²) in [6, 6.07) is 5.31. The Kier molecular flexibility index (Phi) is 3.21. The molecule has 1 heterocycles. The molecule has 2 nitrogen and oxygen atoms in total. The van der Waals surface area contributed by atoms with E-state index in [0.29, 0.717) is 10.0 Å². The van der Waals surface area contributed by atoms with Gasteiger partial charge in [0.05, 0.1) is 17.2 Å². The first-order chi connectivity index (χ1) is 7.08. The molecule has 0 bridgehead atoms. The van der Waals surface area contributed by atoms with E-state index in [1.165, 1.54) is 0 Å². The quantitative estimate of drug-likeness (QED) is 0.751. The lowest BCUT2D eigenvalue weighted by atomic mass is 10.2. The smallest absolute Gasteiger partial charge is 0.186 e. The molecular formula is C11H12Cl2O2. The molecule has 3 atom stereocenters. The predicted molar refractivity (Wildman–Crippen MR) is 60.3 cm³/mol. The maximum Gasteiger partial charge on any atom is 0.186 e. The first kappa shape index (κ1) is 11.2. The average Bonchev–Trinajstić information content (AvgIpc) is 2.46. The van der Waals surface area contributed by atoms with Gasteiger partial charge in [-0.15, -0.1) is 0 Å². The maximum atomic E-state index is 6.06. The molecule has 1 fully saturated rings. The zero-order valence-electron chi connectivity index (χ0n) is 8.54. The summed E-state index contributed by atoms with van der Waals surface area (Å²) >= 11 is 11.9. The number of ether oxygens (including phenoxy) is 2. The highest BCUT2D eigenvalue weighted by molar-refractivity contribution is 6.35. The Morgan fingerprint density at radius 2 is 1.67 bits per heavy atom.